The molecule has 0 saturated carbocycles. The van der Waals surface area contributed by atoms with Crippen LogP contribution in [0.5, 0.6) is 0 Å². The molecule has 0 N–H and O–H groups in total. The van der Waals surface area contributed by atoms with Crippen molar-refractivity contribution in [2.75, 3.05) is 13.2 Å². The predicted octanol–water partition coefficient (Wildman–Crippen LogP) is 22.7. The average Bonchev–Trinajstić information content (AvgIpc) is 3.39. The lowest BCUT2D eigenvalue weighted by atomic mass is 10.0. The van der Waals surface area contributed by atoms with Crippen LogP contribution in [0.2, 0.25) is 0 Å². The van der Waals surface area contributed by atoms with Crippen LogP contribution < -0.4 is 0 Å². The van der Waals surface area contributed by atoms with Gasteiger partial charge in [-0.2, -0.15) is 0 Å². The maximum Gasteiger partial charge on any atom is 0.306 e. The van der Waals surface area contributed by atoms with Gasteiger partial charge < -0.3 is 14.2 Å². The zero-order valence-corrected chi connectivity index (χ0v) is 50.0. The minimum Gasteiger partial charge on any atom is -0.462 e. The number of hydrogen-bond donors (Lipinski definition) is 0. The highest BCUT2D eigenvalue weighted by Crippen LogP contribution is 2.19. The number of esters is 3. The first-order chi connectivity index (χ1) is 36.0. The molecule has 0 aromatic heterocycles. The summed E-state index contributed by atoms with van der Waals surface area (Å²) in [6.45, 7) is 6.74. The average molecular weight is 1030 g/mol. The van der Waals surface area contributed by atoms with Crippen LogP contribution in [0.25, 0.3) is 0 Å². The molecule has 1 unspecified atom stereocenters. The Hall–Kier alpha value is -1.59. The molecule has 0 aromatic carbocycles. The van der Waals surface area contributed by atoms with Gasteiger partial charge in [0, 0.05) is 19.3 Å². The number of ether oxygens (including phenoxy) is 3. The first-order valence-electron chi connectivity index (χ1n) is 33.5. The number of carbonyl (C=O) groups is 3. The van der Waals surface area contributed by atoms with E-state index in [9.17, 15) is 14.4 Å². The van der Waals surface area contributed by atoms with Gasteiger partial charge in [-0.1, -0.05) is 355 Å². The second kappa shape index (κ2) is 62.9. The molecule has 0 heterocycles. The first kappa shape index (κ1) is 71.4. The number of hydrogen-bond acceptors (Lipinski definition) is 6. The van der Waals surface area contributed by atoms with E-state index in [1.54, 1.807) is 0 Å². The Labute approximate surface area is 457 Å². The summed E-state index contributed by atoms with van der Waals surface area (Å²) < 4.78 is 17.0. The van der Waals surface area contributed by atoms with E-state index in [0.29, 0.717) is 19.3 Å². The smallest absolute Gasteiger partial charge is 0.306 e. The molecule has 0 aliphatic rings. The monoisotopic (exact) mass is 1030 g/mol. The number of rotatable bonds is 63. The SMILES string of the molecule is CCCCCCCCCCCCCCCCCCCCCCCC(=O)OCC(COC(=O)CCCCCCCCCCCCCCCCC)OC(=O)CCCCCCCCCCCCCCCCCCCCC. The topological polar surface area (TPSA) is 78.9 Å². The Bertz CT molecular complexity index is 1090. The van der Waals surface area contributed by atoms with Gasteiger partial charge >= 0.3 is 17.9 Å². The van der Waals surface area contributed by atoms with Crippen molar-refractivity contribution in [3.63, 3.8) is 0 Å². The van der Waals surface area contributed by atoms with Gasteiger partial charge in [-0.15, -0.1) is 0 Å². The zero-order valence-electron chi connectivity index (χ0n) is 50.0. The third-order valence-electron chi connectivity index (χ3n) is 15.6. The zero-order chi connectivity index (χ0) is 52.9. The second-order valence-corrected chi connectivity index (χ2v) is 23.1. The summed E-state index contributed by atoms with van der Waals surface area (Å²) in [5.41, 5.74) is 0. The molecule has 0 spiro atoms. The Morgan fingerprint density at radius 3 is 0.548 bits per heavy atom. The molecule has 73 heavy (non-hydrogen) atoms. The highest BCUT2D eigenvalue weighted by Gasteiger charge is 2.19. The van der Waals surface area contributed by atoms with E-state index in [1.807, 2.05) is 0 Å². The summed E-state index contributed by atoms with van der Waals surface area (Å²) in [7, 11) is 0. The van der Waals surface area contributed by atoms with Crippen LogP contribution in [-0.2, 0) is 28.6 Å². The van der Waals surface area contributed by atoms with Crippen molar-refractivity contribution < 1.29 is 28.6 Å². The van der Waals surface area contributed by atoms with Gasteiger partial charge in [0.1, 0.15) is 13.2 Å². The van der Waals surface area contributed by atoms with Crippen molar-refractivity contribution in [2.24, 2.45) is 0 Å². The highest BCUT2D eigenvalue weighted by molar-refractivity contribution is 5.71. The largest absolute Gasteiger partial charge is 0.462 e. The summed E-state index contributed by atoms with van der Waals surface area (Å²) in [6.07, 6.45) is 72.6. The Morgan fingerprint density at radius 1 is 0.219 bits per heavy atom. The van der Waals surface area contributed by atoms with Crippen LogP contribution in [0.4, 0.5) is 0 Å². The van der Waals surface area contributed by atoms with Crippen molar-refractivity contribution in [1.82, 2.24) is 0 Å². The molecular formula is C67H130O6. The molecule has 0 aliphatic heterocycles. The summed E-state index contributed by atoms with van der Waals surface area (Å²) in [6, 6.07) is 0. The maximum atomic E-state index is 12.9. The van der Waals surface area contributed by atoms with Crippen molar-refractivity contribution in [2.45, 2.75) is 399 Å². The Kier molecular flexibility index (Phi) is 61.6. The van der Waals surface area contributed by atoms with Crippen molar-refractivity contribution >= 4 is 17.9 Å². The van der Waals surface area contributed by atoms with E-state index in [2.05, 4.69) is 20.8 Å². The second-order valence-electron chi connectivity index (χ2n) is 23.1. The minimum absolute atomic E-state index is 0.0603. The molecule has 6 heteroatoms. The molecule has 0 aromatic rings. The molecule has 0 amide bonds. The highest BCUT2D eigenvalue weighted by atomic mass is 16.6. The first-order valence-corrected chi connectivity index (χ1v) is 33.5. The van der Waals surface area contributed by atoms with Crippen molar-refractivity contribution in [1.29, 1.82) is 0 Å². The van der Waals surface area contributed by atoms with Crippen LogP contribution in [0.15, 0.2) is 0 Å². The van der Waals surface area contributed by atoms with E-state index in [-0.39, 0.29) is 31.1 Å². The van der Waals surface area contributed by atoms with Crippen LogP contribution in [0.1, 0.15) is 393 Å². The van der Waals surface area contributed by atoms with Crippen LogP contribution in [0, 0.1) is 0 Å². The van der Waals surface area contributed by atoms with Gasteiger partial charge in [0.05, 0.1) is 0 Å². The van der Waals surface area contributed by atoms with Crippen LogP contribution >= 0.6 is 0 Å². The van der Waals surface area contributed by atoms with Gasteiger partial charge in [-0.3, -0.25) is 14.4 Å². The lowest BCUT2D eigenvalue weighted by Crippen LogP contribution is -2.30. The molecule has 434 valence electrons. The van der Waals surface area contributed by atoms with Gasteiger partial charge in [-0.05, 0) is 19.3 Å². The lowest BCUT2D eigenvalue weighted by molar-refractivity contribution is -0.167. The van der Waals surface area contributed by atoms with Gasteiger partial charge in [0.15, 0.2) is 6.10 Å². The van der Waals surface area contributed by atoms with Crippen LogP contribution in [0.3, 0.4) is 0 Å². The molecule has 0 bridgehead atoms. The molecule has 6 nitrogen and oxygen atoms in total. The third kappa shape index (κ3) is 61.1. The normalized spacial score (nSPS) is 11.9. The third-order valence-corrected chi connectivity index (χ3v) is 15.6. The maximum absolute atomic E-state index is 12.9. The van der Waals surface area contributed by atoms with E-state index in [4.69, 9.17) is 14.2 Å². The van der Waals surface area contributed by atoms with Crippen molar-refractivity contribution in [3.8, 4) is 0 Å². The predicted molar refractivity (Wildman–Crippen MR) is 317 cm³/mol. The molecular weight excluding hydrogens is 901 g/mol. The van der Waals surface area contributed by atoms with Gasteiger partial charge in [-0.25, -0.2) is 0 Å². The molecule has 0 aliphatic carbocycles. The summed E-state index contributed by atoms with van der Waals surface area (Å²) in [5.74, 6) is -0.821. The van der Waals surface area contributed by atoms with Crippen LogP contribution in [-0.4, -0.2) is 37.2 Å². The molecule has 0 saturated heterocycles. The lowest BCUT2D eigenvalue weighted by Gasteiger charge is -2.18. The Morgan fingerprint density at radius 2 is 0.370 bits per heavy atom. The number of carbonyl (C=O) groups excluding carboxylic acids is 3. The van der Waals surface area contributed by atoms with E-state index in [1.165, 1.54) is 295 Å². The fourth-order valence-corrected chi connectivity index (χ4v) is 10.6. The summed E-state index contributed by atoms with van der Waals surface area (Å²) in [4.78, 5) is 38.4. The molecule has 0 rings (SSSR count). The summed E-state index contributed by atoms with van der Waals surface area (Å²) >= 11 is 0. The van der Waals surface area contributed by atoms with E-state index >= 15 is 0 Å². The fraction of sp³-hybridized carbons (Fsp3) is 0.955. The standard InChI is InChI=1S/C67H130O6/c1-4-7-10-13-16-19-22-25-28-30-32-33-35-36-39-42-45-48-51-54-57-60-66(69)72-63-64(62-71-65(68)59-56-53-50-47-44-41-38-27-24-21-18-15-12-9-6-3)73-67(70)61-58-55-52-49-46-43-40-37-34-31-29-26-23-20-17-14-11-8-5-2/h64H,4-63H2,1-3H3. The van der Waals surface area contributed by atoms with Gasteiger partial charge in [0.25, 0.3) is 0 Å². The van der Waals surface area contributed by atoms with E-state index in [0.717, 1.165) is 57.8 Å². The molecule has 0 fully saturated rings. The quantitative estimate of drug-likeness (QED) is 0.0343. The summed E-state index contributed by atoms with van der Waals surface area (Å²) in [5, 5.41) is 0. The van der Waals surface area contributed by atoms with Gasteiger partial charge in [0.2, 0.25) is 0 Å². The van der Waals surface area contributed by atoms with E-state index < -0.39 is 6.10 Å². The minimum atomic E-state index is -0.763. The Balaban J connectivity index is 4.25. The molecule has 1 atom stereocenters. The van der Waals surface area contributed by atoms with Crippen molar-refractivity contribution in [3.05, 3.63) is 0 Å². The fourth-order valence-electron chi connectivity index (χ4n) is 10.6. The number of unbranched alkanes of at least 4 members (excludes halogenated alkanes) is 52. The molecule has 0 radical (unpaired) electrons.